The van der Waals surface area contributed by atoms with Crippen LogP contribution in [0.2, 0.25) is 5.02 Å². The molecule has 5 heteroatoms. The Balaban J connectivity index is 0.00000289. The third-order valence-corrected chi connectivity index (χ3v) is 2.89. The molecule has 0 fully saturated rings. The van der Waals surface area contributed by atoms with Crippen molar-refractivity contribution in [3.05, 3.63) is 29.3 Å². The Morgan fingerprint density at radius 3 is 2.56 bits per heavy atom. The van der Waals surface area contributed by atoms with Crippen molar-refractivity contribution in [2.75, 3.05) is 25.0 Å². The van der Waals surface area contributed by atoms with E-state index in [-0.39, 0.29) is 18.3 Å². The monoisotopic (exact) mass is 290 g/mol. The van der Waals surface area contributed by atoms with Crippen LogP contribution < -0.4 is 5.32 Å². The number of rotatable bonds is 6. The Kier molecular flexibility index (Phi) is 8.81. The van der Waals surface area contributed by atoms with Gasteiger partial charge in [0.05, 0.1) is 0 Å². The Morgan fingerprint density at radius 1 is 1.33 bits per heavy atom. The summed E-state index contributed by atoms with van der Waals surface area (Å²) in [7, 11) is 0. The van der Waals surface area contributed by atoms with Gasteiger partial charge in [-0.25, -0.2) is 0 Å². The second-order valence-corrected chi connectivity index (χ2v) is 4.27. The Bertz CT molecular complexity index is 368. The molecule has 0 radical (unpaired) electrons. The van der Waals surface area contributed by atoms with Gasteiger partial charge in [-0.1, -0.05) is 31.5 Å². The van der Waals surface area contributed by atoms with Gasteiger partial charge in [-0.05, 0) is 31.3 Å². The standard InChI is InChI=1S/C13H19ClN2O.ClH/c1-3-16(4-2)9-8-13(17)15-12-7-5-6-11(14)10-12;/h5-7,10H,3-4,8-9H2,1-2H3,(H,15,17);1H. The van der Waals surface area contributed by atoms with E-state index in [1.54, 1.807) is 12.1 Å². The van der Waals surface area contributed by atoms with E-state index in [2.05, 4.69) is 24.1 Å². The van der Waals surface area contributed by atoms with Crippen LogP contribution in [0.1, 0.15) is 20.3 Å². The van der Waals surface area contributed by atoms with Gasteiger partial charge in [0.15, 0.2) is 0 Å². The van der Waals surface area contributed by atoms with E-state index in [0.717, 1.165) is 25.3 Å². The second kappa shape index (κ2) is 9.20. The number of anilines is 1. The lowest BCUT2D eigenvalue weighted by molar-refractivity contribution is -0.116. The van der Waals surface area contributed by atoms with Crippen LogP contribution in [0.5, 0.6) is 0 Å². The summed E-state index contributed by atoms with van der Waals surface area (Å²) in [5, 5.41) is 3.47. The average Bonchev–Trinajstić information content (AvgIpc) is 2.30. The van der Waals surface area contributed by atoms with Crippen molar-refractivity contribution in [2.24, 2.45) is 0 Å². The summed E-state index contributed by atoms with van der Waals surface area (Å²) >= 11 is 5.84. The first-order valence-electron chi connectivity index (χ1n) is 5.93. The van der Waals surface area contributed by atoms with Crippen LogP contribution in [0.25, 0.3) is 0 Å². The molecule has 0 aromatic heterocycles. The van der Waals surface area contributed by atoms with Gasteiger partial charge >= 0.3 is 0 Å². The SMILES string of the molecule is CCN(CC)CCC(=O)Nc1cccc(Cl)c1.Cl. The minimum Gasteiger partial charge on any atom is -0.326 e. The zero-order valence-electron chi connectivity index (χ0n) is 10.8. The van der Waals surface area contributed by atoms with Gasteiger partial charge in [0.25, 0.3) is 0 Å². The first-order chi connectivity index (χ1) is 8.15. The fourth-order valence-electron chi connectivity index (χ4n) is 1.59. The maximum absolute atomic E-state index is 11.7. The van der Waals surface area contributed by atoms with Crippen LogP contribution in [-0.4, -0.2) is 30.4 Å². The Morgan fingerprint density at radius 2 is 2.00 bits per heavy atom. The van der Waals surface area contributed by atoms with Gasteiger partial charge in [0.2, 0.25) is 5.91 Å². The number of amides is 1. The summed E-state index contributed by atoms with van der Waals surface area (Å²) in [6.07, 6.45) is 0.508. The molecule has 0 spiro atoms. The Hall–Kier alpha value is -0.770. The molecule has 1 rings (SSSR count). The topological polar surface area (TPSA) is 32.3 Å². The van der Waals surface area contributed by atoms with E-state index in [1.807, 2.05) is 12.1 Å². The molecule has 0 saturated heterocycles. The highest BCUT2D eigenvalue weighted by Gasteiger charge is 2.05. The van der Waals surface area contributed by atoms with E-state index in [9.17, 15) is 4.79 Å². The van der Waals surface area contributed by atoms with Gasteiger partial charge in [-0.15, -0.1) is 12.4 Å². The molecular weight excluding hydrogens is 271 g/mol. The summed E-state index contributed by atoms with van der Waals surface area (Å²) in [6, 6.07) is 7.19. The van der Waals surface area contributed by atoms with Crippen LogP contribution in [0.15, 0.2) is 24.3 Å². The number of carbonyl (C=O) groups is 1. The van der Waals surface area contributed by atoms with Gasteiger partial charge in [0, 0.05) is 23.7 Å². The molecule has 1 amide bonds. The van der Waals surface area contributed by atoms with Crippen molar-refractivity contribution in [1.29, 1.82) is 0 Å². The molecule has 0 saturated carbocycles. The summed E-state index contributed by atoms with van der Waals surface area (Å²) in [4.78, 5) is 13.9. The van der Waals surface area contributed by atoms with Crippen molar-refractivity contribution in [1.82, 2.24) is 4.90 Å². The number of hydrogen-bond acceptors (Lipinski definition) is 2. The van der Waals surface area contributed by atoms with Crippen molar-refractivity contribution >= 4 is 35.6 Å². The van der Waals surface area contributed by atoms with E-state index in [0.29, 0.717) is 11.4 Å². The summed E-state index contributed by atoms with van der Waals surface area (Å²) in [6.45, 7) is 6.93. The number of halogens is 2. The number of benzene rings is 1. The average molecular weight is 291 g/mol. The van der Waals surface area contributed by atoms with E-state index >= 15 is 0 Å². The van der Waals surface area contributed by atoms with E-state index in [1.165, 1.54) is 0 Å². The van der Waals surface area contributed by atoms with Crippen LogP contribution in [0.4, 0.5) is 5.69 Å². The third kappa shape index (κ3) is 6.24. The van der Waals surface area contributed by atoms with Crippen LogP contribution in [0.3, 0.4) is 0 Å². The molecule has 18 heavy (non-hydrogen) atoms. The molecule has 0 unspecified atom stereocenters. The maximum atomic E-state index is 11.7. The minimum atomic E-state index is 0. The molecule has 102 valence electrons. The highest BCUT2D eigenvalue weighted by Crippen LogP contribution is 2.14. The molecule has 1 aromatic rings. The van der Waals surface area contributed by atoms with Gasteiger partial charge in [-0.2, -0.15) is 0 Å². The van der Waals surface area contributed by atoms with E-state index < -0.39 is 0 Å². The zero-order valence-corrected chi connectivity index (χ0v) is 12.4. The smallest absolute Gasteiger partial charge is 0.225 e. The van der Waals surface area contributed by atoms with Crippen LogP contribution in [-0.2, 0) is 4.79 Å². The lowest BCUT2D eigenvalue weighted by Crippen LogP contribution is -2.27. The van der Waals surface area contributed by atoms with Crippen molar-refractivity contribution in [3.8, 4) is 0 Å². The molecule has 1 N–H and O–H groups in total. The molecule has 0 heterocycles. The molecule has 3 nitrogen and oxygen atoms in total. The zero-order chi connectivity index (χ0) is 12.7. The summed E-state index contributed by atoms with van der Waals surface area (Å²) < 4.78 is 0. The minimum absolute atomic E-state index is 0. The Labute approximate surface area is 120 Å². The first-order valence-corrected chi connectivity index (χ1v) is 6.31. The van der Waals surface area contributed by atoms with Crippen molar-refractivity contribution in [2.45, 2.75) is 20.3 Å². The van der Waals surface area contributed by atoms with Crippen molar-refractivity contribution in [3.63, 3.8) is 0 Å². The number of nitrogens with one attached hydrogen (secondary N) is 1. The number of nitrogens with zero attached hydrogens (tertiary/aromatic N) is 1. The summed E-state index contributed by atoms with van der Waals surface area (Å²) in [5.41, 5.74) is 0.752. The lowest BCUT2D eigenvalue weighted by atomic mass is 10.3. The largest absolute Gasteiger partial charge is 0.326 e. The molecule has 0 bridgehead atoms. The molecular formula is C13H20Cl2N2O. The number of hydrogen-bond donors (Lipinski definition) is 1. The fraction of sp³-hybridized carbons (Fsp3) is 0.462. The van der Waals surface area contributed by atoms with Crippen LogP contribution >= 0.6 is 24.0 Å². The highest BCUT2D eigenvalue weighted by molar-refractivity contribution is 6.30. The predicted molar refractivity (Wildman–Crippen MR) is 79.7 cm³/mol. The fourth-order valence-corrected chi connectivity index (χ4v) is 1.78. The molecule has 1 aromatic carbocycles. The van der Waals surface area contributed by atoms with E-state index in [4.69, 9.17) is 11.6 Å². The third-order valence-electron chi connectivity index (χ3n) is 2.66. The number of carbonyl (C=O) groups excluding carboxylic acids is 1. The predicted octanol–water partition coefficient (Wildman–Crippen LogP) is 3.43. The quantitative estimate of drug-likeness (QED) is 0.871. The summed E-state index contributed by atoms with van der Waals surface area (Å²) in [5.74, 6) is 0.0270. The van der Waals surface area contributed by atoms with Crippen molar-refractivity contribution < 1.29 is 4.79 Å². The first kappa shape index (κ1) is 17.2. The van der Waals surface area contributed by atoms with Gasteiger partial charge in [0.1, 0.15) is 0 Å². The molecule has 0 atom stereocenters. The normalized spacial score (nSPS) is 10.0. The van der Waals surface area contributed by atoms with Gasteiger partial charge in [-0.3, -0.25) is 4.79 Å². The van der Waals surface area contributed by atoms with Crippen LogP contribution in [0, 0.1) is 0 Å². The molecule has 0 aliphatic heterocycles. The molecule has 0 aliphatic rings. The second-order valence-electron chi connectivity index (χ2n) is 3.84. The maximum Gasteiger partial charge on any atom is 0.225 e. The molecule has 0 aliphatic carbocycles. The highest BCUT2D eigenvalue weighted by atomic mass is 35.5. The lowest BCUT2D eigenvalue weighted by Gasteiger charge is -2.17. The van der Waals surface area contributed by atoms with Gasteiger partial charge < -0.3 is 10.2 Å².